The molecule has 3 fully saturated rings. The van der Waals surface area contributed by atoms with Gasteiger partial charge in [0.15, 0.2) is 0 Å². The molecule has 0 saturated carbocycles. The molecule has 3 atom stereocenters. The van der Waals surface area contributed by atoms with Gasteiger partial charge in [0.2, 0.25) is 0 Å². The predicted molar refractivity (Wildman–Crippen MR) is 80.5 cm³/mol. The summed E-state index contributed by atoms with van der Waals surface area (Å²) in [7, 11) is 0. The molecule has 1 N–H and O–H groups in total. The van der Waals surface area contributed by atoms with Gasteiger partial charge in [0.05, 0.1) is 0 Å². The Bertz CT molecular complexity index is 275. The number of nitrogens with zero attached hydrogens (tertiary/aromatic N) is 2. The van der Waals surface area contributed by atoms with Crippen LogP contribution >= 0.6 is 0 Å². The minimum absolute atomic E-state index is 0.724. The summed E-state index contributed by atoms with van der Waals surface area (Å²) < 4.78 is 0. The molecule has 0 aliphatic carbocycles. The van der Waals surface area contributed by atoms with E-state index in [9.17, 15) is 0 Å². The molecule has 3 heteroatoms. The van der Waals surface area contributed by atoms with E-state index in [0.717, 1.165) is 18.1 Å². The zero-order valence-corrected chi connectivity index (χ0v) is 12.6. The van der Waals surface area contributed by atoms with Crippen LogP contribution in [0.3, 0.4) is 0 Å². The maximum Gasteiger partial charge on any atom is 0.0192 e. The molecular formula is C16H31N3. The Labute approximate surface area is 118 Å². The number of fused-ring (bicyclic) bond motifs is 1. The van der Waals surface area contributed by atoms with Crippen molar-refractivity contribution >= 4 is 0 Å². The average molecular weight is 265 g/mol. The first-order valence-corrected chi connectivity index (χ1v) is 8.54. The molecule has 0 amide bonds. The number of rotatable bonds is 4. The van der Waals surface area contributed by atoms with E-state index in [1.54, 1.807) is 0 Å². The van der Waals surface area contributed by atoms with Crippen molar-refractivity contribution in [1.82, 2.24) is 15.1 Å². The molecule has 3 heterocycles. The number of piperidine rings is 2. The second-order valence-corrected chi connectivity index (χ2v) is 6.91. The zero-order valence-electron chi connectivity index (χ0n) is 12.6. The molecule has 3 aliphatic rings. The molecule has 0 spiro atoms. The highest BCUT2D eigenvalue weighted by molar-refractivity contribution is 4.89. The predicted octanol–water partition coefficient (Wildman–Crippen LogP) is 2.08. The molecule has 0 aromatic carbocycles. The van der Waals surface area contributed by atoms with Crippen LogP contribution in [0.1, 0.15) is 51.9 Å². The summed E-state index contributed by atoms with van der Waals surface area (Å²) in [5, 5.41) is 3.86. The number of hydrogen-bond donors (Lipinski definition) is 1. The molecule has 0 bridgehead atoms. The molecule has 3 nitrogen and oxygen atoms in total. The molecule has 0 aromatic heterocycles. The van der Waals surface area contributed by atoms with Gasteiger partial charge in [-0.05, 0) is 71.6 Å². The van der Waals surface area contributed by atoms with Crippen molar-refractivity contribution in [3.05, 3.63) is 0 Å². The van der Waals surface area contributed by atoms with Crippen molar-refractivity contribution in [2.75, 3.05) is 32.7 Å². The van der Waals surface area contributed by atoms with Crippen molar-refractivity contribution in [1.29, 1.82) is 0 Å². The van der Waals surface area contributed by atoms with Gasteiger partial charge in [-0.25, -0.2) is 0 Å². The molecule has 3 aliphatic heterocycles. The molecule has 3 saturated heterocycles. The summed E-state index contributed by atoms with van der Waals surface area (Å²) in [6.07, 6.45) is 9.89. The molecule has 19 heavy (non-hydrogen) atoms. The summed E-state index contributed by atoms with van der Waals surface area (Å²) in [6, 6.07) is 2.41. The first-order valence-electron chi connectivity index (χ1n) is 8.54. The van der Waals surface area contributed by atoms with E-state index >= 15 is 0 Å². The highest BCUT2D eigenvalue weighted by Crippen LogP contribution is 2.26. The minimum Gasteiger partial charge on any atom is -0.312 e. The third-order valence-corrected chi connectivity index (χ3v) is 5.54. The highest BCUT2D eigenvalue weighted by atomic mass is 15.2. The van der Waals surface area contributed by atoms with Gasteiger partial charge in [-0.1, -0.05) is 6.42 Å². The van der Waals surface area contributed by atoms with Crippen LogP contribution < -0.4 is 5.32 Å². The van der Waals surface area contributed by atoms with Gasteiger partial charge in [0, 0.05) is 24.7 Å². The average Bonchev–Trinajstić information content (AvgIpc) is 2.93. The van der Waals surface area contributed by atoms with Crippen LogP contribution in [0, 0.1) is 0 Å². The fraction of sp³-hybridized carbons (Fsp3) is 1.00. The van der Waals surface area contributed by atoms with E-state index in [1.165, 1.54) is 77.7 Å². The normalized spacial score (nSPS) is 35.2. The van der Waals surface area contributed by atoms with Crippen molar-refractivity contribution in [2.45, 2.75) is 70.0 Å². The van der Waals surface area contributed by atoms with Crippen LogP contribution in [0.15, 0.2) is 0 Å². The molecule has 110 valence electrons. The summed E-state index contributed by atoms with van der Waals surface area (Å²) >= 11 is 0. The first kappa shape index (κ1) is 13.8. The summed E-state index contributed by atoms with van der Waals surface area (Å²) in [5.74, 6) is 0. The first-order chi connectivity index (χ1) is 9.33. The summed E-state index contributed by atoms with van der Waals surface area (Å²) in [4.78, 5) is 5.40. The van der Waals surface area contributed by atoms with Crippen molar-refractivity contribution in [2.24, 2.45) is 0 Å². The molecule has 0 radical (unpaired) electrons. The van der Waals surface area contributed by atoms with Gasteiger partial charge < -0.3 is 10.2 Å². The summed E-state index contributed by atoms with van der Waals surface area (Å²) in [5.41, 5.74) is 0. The topological polar surface area (TPSA) is 18.5 Å². The van der Waals surface area contributed by atoms with Crippen molar-refractivity contribution in [3.8, 4) is 0 Å². The number of likely N-dealkylation sites (tertiary alicyclic amines) is 1. The highest BCUT2D eigenvalue weighted by Gasteiger charge is 2.31. The van der Waals surface area contributed by atoms with Gasteiger partial charge in [-0.15, -0.1) is 0 Å². The Morgan fingerprint density at radius 1 is 1.00 bits per heavy atom. The van der Waals surface area contributed by atoms with E-state index in [0.29, 0.717) is 0 Å². The second-order valence-electron chi connectivity index (χ2n) is 6.91. The smallest absolute Gasteiger partial charge is 0.0192 e. The van der Waals surface area contributed by atoms with Gasteiger partial charge in [-0.3, -0.25) is 4.90 Å². The molecular weight excluding hydrogens is 234 g/mol. The molecule has 3 unspecified atom stereocenters. The fourth-order valence-electron chi connectivity index (χ4n) is 4.24. The Morgan fingerprint density at radius 2 is 1.84 bits per heavy atom. The Morgan fingerprint density at radius 3 is 2.68 bits per heavy atom. The lowest BCUT2D eigenvalue weighted by molar-refractivity contribution is 0.143. The van der Waals surface area contributed by atoms with Crippen LogP contribution in [-0.2, 0) is 0 Å². The van der Waals surface area contributed by atoms with E-state index in [4.69, 9.17) is 0 Å². The van der Waals surface area contributed by atoms with E-state index in [-0.39, 0.29) is 0 Å². The maximum absolute atomic E-state index is 3.86. The molecule has 0 aromatic rings. The van der Waals surface area contributed by atoms with Gasteiger partial charge in [0.1, 0.15) is 0 Å². The SMILES string of the molecule is CC(CNC1CCN2CCCC2C1)N1CCCCC1. The lowest BCUT2D eigenvalue weighted by Crippen LogP contribution is -2.50. The standard InChI is InChI=1S/C16H31N3/c1-14(18-8-3-2-4-9-18)13-17-15-7-11-19-10-5-6-16(19)12-15/h14-17H,2-13H2,1H3. The van der Waals surface area contributed by atoms with E-state index < -0.39 is 0 Å². The number of hydrogen-bond acceptors (Lipinski definition) is 3. The van der Waals surface area contributed by atoms with Gasteiger partial charge in [-0.2, -0.15) is 0 Å². The fourth-order valence-corrected chi connectivity index (χ4v) is 4.24. The van der Waals surface area contributed by atoms with E-state index in [1.807, 2.05) is 0 Å². The van der Waals surface area contributed by atoms with Crippen molar-refractivity contribution in [3.63, 3.8) is 0 Å². The third kappa shape index (κ3) is 3.50. The van der Waals surface area contributed by atoms with Crippen LogP contribution in [0.25, 0.3) is 0 Å². The molecule has 3 rings (SSSR count). The monoisotopic (exact) mass is 265 g/mol. The third-order valence-electron chi connectivity index (χ3n) is 5.54. The lowest BCUT2D eigenvalue weighted by Gasteiger charge is -2.37. The number of nitrogens with one attached hydrogen (secondary N) is 1. The van der Waals surface area contributed by atoms with Crippen LogP contribution in [0.4, 0.5) is 0 Å². The Kier molecular flexibility index (Phi) is 4.78. The Hall–Kier alpha value is -0.120. The van der Waals surface area contributed by atoms with E-state index in [2.05, 4.69) is 22.0 Å². The van der Waals surface area contributed by atoms with Gasteiger partial charge in [0.25, 0.3) is 0 Å². The summed E-state index contributed by atoms with van der Waals surface area (Å²) in [6.45, 7) is 8.94. The second kappa shape index (κ2) is 6.55. The zero-order chi connectivity index (χ0) is 13.1. The largest absolute Gasteiger partial charge is 0.312 e. The Balaban J connectivity index is 1.39. The van der Waals surface area contributed by atoms with Crippen LogP contribution in [-0.4, -0.2) is 60.6 Å². The van der Waals surface area contributed by atoms with Crippen molar-refractivity contribution < 1.29 is 0 Å². The van der Waals surface area contributed by atoms with Crippen LogP contribution in [0.5, 0.6) is 0 Å². The van der Waals surface area contributed by atoms with Gasteiger partial charge >= 0.3 is 0 Å². The minimum atomic E-state index is 0.724. The van der Waals surface area contributed by atoms with Crippen LogP contribution in [0.2, 0.25) is 0 Å². The quantitative estimate of drug-likeness (QED) is 0.839. The lowest BCUT2D eigenvalue weighted by atomic mass is 9.97. The maximum atomic E-state index is 3.86.